The average Bonchev–Trinajstić information content (AvgIpc) is 2.74. The van der Waals surface area contributed by atoms with Crippen LogP contribution in [0.25, 0.3) is 0 Å². The maximum Gasteiger partial charge on any atom is 0.293 e. The molecule has 0 aliphatic heterocycles. The van der Waals surface area contributed by atoms with E-state index in [1.165, 1.54) is 18.8 Å². The van der Waals surface area contributed by atoms with Crippen LogP contribution in [0.3, 0.4) is 0 Å². The lowest BCUT2D eigenvalue weighted by atomic mass is 10.5. The normalized spacial score (nSPS) is 9.85. The number of carbonyl (C=O) groups is 1. The Bertz CT molecular complexity index is 379. The van der Waals surface area contributed by atoms with Crippen LogP contribution in [0, 0.1) is 0 Å². The van der Waals surface area contributed by atoms with Crippen LogP contribution in [0.1, 0.15) is 10.6 Å². The molecule has 2 heterocycles. The summed E-state index contributed by atoms with van der Waals surface area (Å²) in [5.41, 5.74) is 0.474. The Morgan fingerprint density at radius 3 is 3.15 bits per heavy atom. The fraction of sp³-hybridized carbons (Fsp3) is 0. The Hall–Kier alpha value is -2.18. The smallest absolute Gasteiger partial charge is 0.293 e. The van der Waals surface area contributed by atoms with Crippen LogP contribution >= 0.6 is 0 Å². The number of hydrogen-bond acceptors (Lipinski definition) is 5. The second-order valence-electron chi connectivity index (χ2n) is 2.20. The Morgan fingerprint density at radius 1 is 1.62 bits per heavy atom. The van der Waals surface area contributed by atoms with E-state index in [0.29, 0.717) is 5.69 Å². The minimum absolute atomic E-state index is 0.140. The van der Waals surface area contributed by atoms with E-state index in [4.69, 9.17) is 0 Å². The average molecular weight is 179 g/mol. The van der Waals surface area contributed by atoms with E-state index in [0.717, 1.165) is 0 Å². The lowest BCUT2D eigenvalue weighted by Gasteiger charge is -1.95. The van der Waals surface area contributed by atoms with E-state index in [2.05, 4.69) is 30.2 Å². The van der Waals surface area contributed by atoms with Crippen molar-refractivity contribution >= 4 is 11.6 Å². The first-order valence-electron chi connectivity index (χ1n) is 3.42. The van der Waals surface area contributed by atoms with Crippen LogP contribution in [0.4, 0.5) is 5.69 Å². The molecule has 2 N–H and O–H groups in total. The minimum atomic E-state index is -0.388. The summed E-state index contributed by atoms with van der Waals surface area (Å²) in [6.07, 6.45) is 3.95. The molecule has 0 fully saturated rings. The van der Waals surface area contributed by atoms with E-state index in [-0.39, 0.29) is 11.7 Å². The topological polar surface area (TPSA) is 96.7 Å². The Morgan fingerprint density at radius 2 is 2.54 bits per heavy atom. The van der Waals surface area contributed by atoms with Crippen molar-refractivity contribution in [2.75, 3.05) is 5.32 Å². The van der Waals surface area contributed by atoms with Gasteiger partial charge in [0.1, 0.15) is 18.3 Å². The second kappa shape index (κ2) is 3.05. The van der Waals surface area contributed by atoms with Gasteiger partial charge >= 0.3 is 0 Å². The molecule has 13 heavy (non-hydrogen) atoms. The number of carbonyl (C=O) groups excluding carboxylic acids is 1. The lowest BCUT2D eigenvalue weighted by Crippen LogP contribution is -2.13. The lowest BCUT2D eigenvalue weighted by molar-refractivity contribution is 0.101. The largest absolute Gasteiger partial charge is 0.363 e. The van der Waals surface area contributed by atoms with Crippen molar-refractivity contribution in [1.82, 2.24) is 20.3 Å². The molecule has 66 valence electrons. The van der Waals surface area contributed by atoms with Crippen LogP contribution in [-0.4, -0.2) is 26.2 Å². The highest BCUT2D eigenvalue weighted by atomic mass is 16.5. The maximum atomic E-state index is 11.3. The number of amides is 1. The zero-order valence-electron chi connectivity index (χ0n) is 6.39. The SMILES string of the molecule is O=C(Nc1cnoc1)c1ncn[nH]1. The Labute approximate surface area is 72.1 Å². The van der Waals surface area contributed by atoms with Crippen molar-refractivity contribution in [2.24, 2.45) is 0 Å². The zero-order chi connectivity index (χ0) is 9.10. The number of nitrogens with zero attached hydrogens (tertiary/aromatic N) is 3. The first kappa shape index (κ1) is 7.47. The third-order valence-electron chi connectivity index (χ3n) is 1.32. The van der Waals surface area contributed by atoms with Gasteiger partial charge in [0.15, 0.2) is 0 Å². The van der Waals surface area contributed by atoms with Gasteiger partial charge in [-0.3, -0.25) is 9.89 Å². The van der Waals surface area contributed by atoms with Crippen LogP contribution in [0.15, 0.2) is 23.3 Å². The van der Waals surface area contributed by atoms with Crippen molar-refractivity contribution in [2.45, 2.75) is 0 Å². The number of aromatic amines is 1. The molecule has 7 nitrogen and oxygen atoms in total. The number of anilines is 1. The summed E-state index contributed by atoms with van der Waals surface area (Å²) in [5, 5.41) is 11.9. The summed E-state index contributed by atoms with van der Waals surface area (Å²) in [6.45, 7) is 0. The third-order valence-corrected chi connectivity index (χ3v) is 1.32. The van der Waals surface area contributed by atoms with Gasteiger partial charge in [-0.1, -0.05) is 5.16 Å². The van der Waals surface area contributed by atoms with Crippen molar-refractivity contribution in [3.8, 4) is 0 Å². The van der Waals surface area contributed by atoms with Gasteiger partial charge in [-0.2, -0.15) is 5.10 Å². The standard InChI is InChI=1S/C6H5N5O2/c12-6(5-7-3-8-11-5)10-4-1-9-13-2-4/h1-3H,(H,10,12)(H,7,8,11). The van der Waals surface area contributed by atoms with Gasteiger partial charge in [-0.25, -0.2) is 4.98 Å². The van der Waals surface area contributed by atoms with Crippen LogP contribution in [0.2, 0.25) is 0 Å². The molecule has 0 unspecified atom stereocenters. The van der Waals surface area contributed by atoms with E-state index < -0.39 is 0 Å². The van der Waals surface area contributed by atoms with Crippen LogP contribution in [0.5, 0.6) is 0 Å². The summed E-state index contributed by atoms with van der Waals surface area (Å²) < 4.78 is 4.52. The molecule has 0 bridgehead atoms. The molecule has 2 aromatic heterocycles. The Balaban J connectivity index is 2.08. The molecule has 0 saturated heterocycles. The van der Waals surface area contributed by atoms with Gasteiger partial charge < -0.3 is 9.84 Å². The van der Waals surface area contributed by atoms with E-state index in [1.807, 2.05) is 0 Å². The van der Waals surface area contributed by atoms with Gasteiger partial charge in [-0.05, 0) is 0 Å². The van der Waals surface area contributed by atoms with Gasteiger partial charge in [0.05, 0.1) is 6.20 Å². The van der Waals surface area contributed by atoms with Gasteiger partial charge in [0, 0.05) is 0 Å². The van der Waals surface area contributed by atoms with Crippen molar-refractivity contribution in [3.63, 3.8) is 0 Å². The van der Waals surface area contributed by atoms with Gasteiger partial charge in [-0.15, -0.1) is 0 Å². The summed E-state index contributed by atoms with van der Waals surface area (Å²) in [6, 6.07) is 0. The van der Waals surface area contributed by atoms with Crippen LogP contribution in [-0.2, 0) is 0 Å². The van der Waals surface area contributed by atoms with Gasteiger partial charge in [0.25, 0.3) is 5.91 Å². The predicted molar refractivity (Wildman–Crippen MR) is 40.8 cm³/mol. The second-order valence-corrected chi connectivity index (χ2v) is 2.20. The molecule has 0 atom stereocenters. The molecule has 2 aromatic rings. The van der Waals surface area contributed by atoms with Crippen molar-refractivity contribution < 1.29 is 9.32 Å². The predicted octanol–water partition coefficient (Wildman–Crippen LogP) is 0.0450. The van der Waals surface area contributed by atoms with E-state index >= 15 is 0 Å². The fourth-order valence-electron chi connectivity index (χ4n) is 0.772. The molecular weight excluding hydrogens is 174 g/mol. The first-order valence-corrected chi connectivity index (χ1v) is 3.42. The fourth-order valence-corrected chi connectivity index (χ4v) is 0.772. The molecular formula is C6H5N5O2. The number of hydrogen-bond donors (Lipinski definition) is 2. The number of aromatic nitrogens is 4. The van der Waals surface area contributed by atoms with E-state index in [9.17, 15) is 4.79 Å². The molecule has 0 radical (unpaired) electrons. The summed E-state index contributed by atoms with van der Waals surface area (Å²) in [7, 11) is 0. The molecule has 1 amide bonds. The summed E-state index contributed by atoms with van der Waals surface area (Å²) in [5.74, 6) is -0.248. The molecule has 0 spiro atoms. The third kappa shape index (κ3) is 1.53. The highest BCUT2D eigenvalue weighted by Crippen LogP contribution is 2.04. The Kier molecular flexibility index (Phi) is 1.75. The molecule has 7 heteroatoms. The van der Waals surface area contributed by atoms with Crippen molar-refractivity contribution in [1.29, 1.82) is 0 Å². The number of H-pyrrole nitrogens is 1. The van der Waals surface area contributed by atoms with Crippen LogP contribution < -0.4 is 5.32 Å². The highest BCUT2D eigenvalue weighted by molar-refractivity contribution is 6.01. The molecule has 0 aliphatic rings. The summed E-state index contributed by atoms with van der Waals surface area (Å²) >= 11 is 0. The maximum absolute atomic E-state index is 11.3. The zero-order valence-corrected chi connectivity index (χ0v) is 6.39. The van der Waals surface area contributed by atoms with Crippen molar-refractivity contribution in [3.05, 3.63) is 24.6 Å². The monoisotopic (exact) mass is 179 g/mol. The summed E-state index contributed by atoms with van der Waals surface area (Å²) in [4.78, 5) is 14.9. The quantitative estimate of drug-likeness (QED) is 0.678. The van der Waals surface area contributed by atoms with E-state index in [1.54, 1.807) is 0 Å². The molecule has 2 rings (SSSR count). The number of rotatable bonds is 2. The molecule has 0 aliphatic carbocycles. The highest BCUT2D eigenvalue weighted by Gasteiger charge is 2.08. The minimum Gasteiger partial charge on any atom is -0.363 e. The molecule has 0 aromatic carbocycles. The number of nitrogens with one attached hydrogen (secondary N) is 2. The molecule has 0 saturated carbocycles. The first-order chi connectivity index (χ1) is 6.36. The van der Waals surface area contributed by atoms with Gasteiger partial charge in [0.2, 0.25) is 5.82 Å².